The third kappa shape index (κ3) is 3.44. The highest BCUT2D eigenvalue weighted by atomic mass is 127. The van der Waals surface area contributed by atoms with Gasteiger partial charge in [-0.2, -0.15) is 0 Å². The Hall–Kier alpha value is -2.04. The minimum atomic E-state index is -0.262. The molecule has 26 heavy (non-hydrogen) atoms. The normalized spacial score (nSPS) is 11.0. The van der Waals surface area contributed by atoms with Crippen LogP contribution < -0.4 is 10.9 Å². The lowest BCUT2D eigenvalue weighted by molar-refractivity contribution is -0.116. The number of benzene rings is 1. The lowest BCUT2D eigenvalue weighted by atomic mass is 10.2. The van der Waals surface area contributed by atoms with Crippen LogP contribution in [0.5, 0.6) is 0 Å². The quantitative estimate of drug-likeness (QED) is 0.428. The third-order valence-electron chi connectivity index (χ3n) is 3.79. The van der Waals surface area contributed by atoms with Crippen molar-refractivity contribution in [1.82, 2.24) is 9.55 Å². The van der Waals surface area contributed by atoms with Gasteiger partial charge < -0.3 is 5.32 Å². The molecule has 3 aromatic heterocycles. The first-order chi connectivity index (χ1) is 12.6. The predicted octanol–water partition coefficient (Wildman–Crippen LogP) is 4.43. The van der Waals surface area contributed by atoms with Crippen molar-refractivity contribution in [2.45, 2.75) is 6.54 Å². The van der Waals surface area contributed by atoms with Gasteiger partial charge in [0.2, 0.25) is 5.91 Å². The van der Waals surface area contributed by atoms with Gasteiger partial charge in [0.1, 0.15) is 11.4 Å². The first-order valence-corrected chi connectivity index (χ1v) is 10.5. The van der Waals surface area contributed by atoms with Crippen LogP contribution in [0.25, 0.3) is 20.7 Å². The highest BCUT2D eigenvalue weighted by Crippen LogP contribution is 2.33. The van der Waals surface area contributed by atoms with E-state index in [4.69, 9.17) is 0 Å². The maximum Gasteiger partial charge on any atom is 0.263 e. The van der Waals surface area contributed by atoms with Crippen LogP contribution in [-0.4, -0.2) is 15.5 Å². The van der Waals surface area contributed by atoms with Crippen molar-refractivity contribution in [1.29, 1.82) is 0 Å². The van der Waals surface area contributed by atoms with Crippen molar-refractivity contribution >= 4 is 67.1 Å². The Morgan fingerprint density at radius 3 is 2.73 bits per heavy atom. The first kappa shape index (κ1) is 17.4. The van der Waals surface area contributed by atoms with Crippen LogP contribution in [0.4, 0.5) is 5.69 Å². The van der Waals surface area contributed by atoms with Crippen LogP contribution in [-0.2, 0) is 11.3 Å². The number of nitrogens with one attached hydrogen (secondary N) is 1. The van der Waals surface area contributed by atoms with E-state index in [1.54, 1.807) is 11.3 Å². The van der Waals surface area contributed by atoms with Crippen LogP contribution in [0.2, 0.25) is 0 Å². The first-order valence-electron chi connectivity index (χ1n) is 7.68. The molecule has 4 aromatic rings. The van der Waals surface area contributed by atoms with Crippen LogP contribution in [0.15, 0.2) is 58.3 Å². The van der Waals surface area contributed by atoms with E-state index in [-0.39, 0.29) is 18.0 Å². The minimum Gasteiger partial charge on any atom is -0.325 e. The van der Waals surface area contributed by atoms with Gasteiger partial charge in [0.05, 0.1) is 11.7 Å². The Bertz CT molecular complexity index is 1130. The van der Waals surface area contributed by atoms with Gasteiger partial charge in [-0.1, -0.05) is 6.07 Å². The average Bonchev–Trinajstić information content (AvgIpc) is 3.29. The molecule has 0 aliphatic rings. The zero-order valence-electron chi connectivity index (χ0n) is 13.3. The Balaban J connectivity index is 1.63. The maximum atomic E-state index is 12.9. The highest BCUT2D eigenvalue weighted by Gasteiger charge is 2.15. The summed E-state index contributed by atoms with van der Waals surface area (Å²) in [6, 6.07) is 11.4. The molecule has 0 atom stereocenters. The van der Waals surface area contributed by atoms with Crippen molar-refractivity contribution in [3.63, 3.8) is 0 Å². The second kappa shape index (κ2) is 7.29. The molecule has 0 aliphatic heterocycles. The molecule has 3 heterocycles. The molecule has 1 aromatic carbocycles. The number of hydrogen-bond acceptors (Lipinski definition) is 5. The molecule has 0 saturated heterocycles. The molecule has 5 nitrogen and oxygen atoms in total. The lowest BCUT2D eigenvalue weighted by Gasteiger charge is -2.07. The van der Waals surface area contributed by atoms with E-state index in [1.807, 2.05) is 47.2 Å². The number of halogens is 1. The summed E-state index contributed by atoms with van der Waals surface area (Å²) in [5.41, 5.74) is 1.38. The van der Waals surface area contributed by atoms with E-state index in [2.05, 4.69) is 32.9 Å². The van der Waals surface area contributed by atoms with Gasteiger partial charge in [-0.25, -0.2) is 4.98 Å². The van der Waals surface area contributed by atoms with Crippen LogP contribution >= 0.6 is 45.3 Å². The fraction of sp³-hybridized carbons (Fsp3) is 0.0556. The van der Waals surface area contributed by atoms with Gasteiger partial charge in [-0.15, -0.1) is 22.7 Å². The van der Waals surface area contributed by atoms with Crippen LogP contribution in [0.1, 0.15) is 0 Å². The van der Waals surface area contributed by atoms with E-state index in [9.17, 15) is 9.59 Å². The van der Waals surface area contributed by atoms with E-state index in [0.717, 1.165) is 14.0 Å². The van der Waals surface area contributed by atoms with Crippen LogP contribution in [0.3, 0.4) is 0 Å². The van der Waals surface area contributed by atoms with E-state index < -0.39 is 0 Å². The number of rotatable bonds is 4. The van der Waals surface area contributed by atoms with Gasteiger partial charge >= 0.3 is 0 Å². The number of nitrogens with zero attached hydrogens (tertiary/aromatic N) is 2. The largest absolute Gasteiger partial charge is 0.325 e. The minimum absolute atomic E-state index is 0.0759. The number of thiophene rings is 2. The number of anilines is 1. The topological polar surface area (TPSA) is 64.0 Å². The number of carbonyl (C=O) groups is 1. The Kier molecular flexibility index (Phi) is 4.88. The van der Waals surface area contributed by atoms with E-state index in [1.165, 1.54) is 22.2 Å². The number of aromatic nitrogens is 2. The monoisotopic (exact) mass is 493 g/mol. The molecule has 1 N–H and O–H groups in total. The molecule has 0 spiro atoms. The fourth-order valence-electron chi connectivity index (χ4n) is 2.58. The summed E-state index contributed by atoms with van der Waals surface area (Å²) in [6.07, 6.45) is 1.44. The second-order valence-electron chi connectivity index (χ2n) is 5.54. The number of carbonyl (C=O) groups excluding carboxylic acids is 1. The van der Waals surface area contributed by atoms with Crippen LogP contribution in [0, 0.1) is 3.57 Å². The Morgan fingerprint density at radius 2 is 2.00 bits per heavy atom. The smallest absolute Gasteiger partial charge is 0.263 e. The standard InChI is InChI=1S/C18H12IN3O2S2/c19-11-3-5-12(6-4-11)21-15(23)8-22-10-20-17-16(18(22)24)13(9-26-17)14-2-1-7-25-14/h1-7,9-10H,8H2,(H,21,23). The lowest BCUT2D eigenvalue weighted by Crippen LogP contribution is -2.27. The Morgan fingerprint density at radius 1 is 1.19 bits per heavy atom. The molecular weight excluding hydrogens is 481 g/mol. The van der Waals surface area contributed by atoms with E-state index >= 15 is 0 Å². The average molecular weight is 493 g/mol. The van der Waals surface area contributed by atoms with Gasteiger partial charge in [-0.3, -0.25) is 14.2 Å². The summed E-state index contributed by atoms with van der Waals surface area (Å²) in [6.45, 7) is -0.0759. The molecule has 130 valence electrons. The van der Waals surface area contributed by atoms with Gasteiger partial charge in [-0.05, 0) is 58.3 Å². The Labute approximate surface area is 170 Å². The molecular formula is C18H12IN3O2S2. The summed E-state index contributed by atoms with van der Waals surface area (Å²) in [4.78, 5) is 31.3. The summed E-state index contributed by atoms with van der Waals surface area (Å²) in [5.74, 6) is -0.262. The summed E-state index contributed by atoms with van der Waals surface area (Å²) in [7, 11) is 0. The molecule has 0 bridgehead atoms. The molecule has 8 heteroatoms. The van der Waals surface area contributed by atoms with Crippen molar-refractivity contribution < 1.29 is 4.79 Å². The number of hydrogen-bond donors (Lipinski definition) is 1. The van der Waals surface area contributed by atoms with Gasteiger partial charge in [0.15, 0.2) is 0 Å². The molecule has 0 fully saturated rings. The molecule has 4 rings (SSSR count). The third-order valence-corrected chi connectivity index (χ3v) is 6.30. The SMILES string of the molecule is O=C(Cn1cnc2scc(-c3cccs3)c2c1=O)Nc1ccc(I)cc1. The zero-order valence-corrected chi connectivity index (χ0v) is 17.1. The molecule has 1 amide bonds. The second-order valence-corrected chi connectivity index (χ2v) is 8.59. The zero-order chi connectivity index (χ0) is 18.1. The predicted molar refractivity (Wildman–Crippen MR) is 115 cm³/mol. The number of amides is 1. The van der Waals surface area contributed by atoms with E-state index in [0.29, 0.717) is 15.9 Å². The summed E-state index contributed by atoms with van der Waals surface area (Å²) in [5, 5.41) is 7.29. The molecule has 0 aliphatic carbocycles. The molecule has 0 saturated carbocycles. The van der Waals surface area contributed by atoms with Gasteiger partial charge in [0.25, 0.3) is 5.56 Å². The van der Waals surface area contributed by atoms with Crippen molar-refractivity contribution in [2.24, 2.45) is 0 Å². The van der Waals surface area contributed by atoms with Crippen molar-refractivity contribution in [3.8, 4) is 10.4 Å². The fourth-order valence-corrected chi connectivity index (χ4v) is 4.66. The van der Waals surface area contributed by atoms with Crippen molar-refractivity contribution in [3.05, 3.63) is 67.4 Å². The van der Waals surface area contributed by atoms with Crippen molar-refractivity contribution in [2.75, 3.05) is 5.32 Å². The maximum absolute atomic E-state index is 12.9. The number of fused-ring (bicyclic) bond motifs is 1. The van der Waals surface area contributed by atoms with Gasteiger partial charge in [0, 0.05) is 25.1 Å². The summed E-state index contributed by atoms with van der Waals surface area (Å²) >= 11 is 5.22. The summed E-state index contributed by atoms with van der Waals surface area (Å²) < 4.78 is 2.44. The molecule has 0 unspecified atom stereocenters. The highest BCUT2D eigenvalue weighted by molar-refractivity contribution is 14.1. The molecule has 0 radical (unpaired) electrons.